The molecule has 27 heavy (non-hydrogen) atoms. The normalized spacial score (nSPS) is 19.7. The lowest BCUT2D eigenvalue weighted by Crippen LogP contribution is -2.41. The van der Waals surface area contributed by atoms with Crippen LogP contribution in [-0.4, -0.2) is 44.0 Å². The molecule has 1 amide bonds. The number of carbonyl (C=O) groups excluding carboxylic acids is 1. The fourth-order valence-electron chi connectivity index (χ4n) is 3.45. The van der Waals surface area contributed by atoms with E-state index in [2.05, 4.69) is 29.2 Å². The van der Waals surface area contributed by atoms with Gasteiger partial charge in [0.15, 0.2) is 12.6 Å². The Kier molecular flexibility index (Phi) is 10.5. The first kappa shape index (κ1) is 23.5. The number of ether oxygens (including phenoxy) is 1. The molecule has 0 saturated heterocycles. The molecule has 1 saturated carbocycles. The minimum atomic E-state index is -0.479. The van der Waals surface area contributed by atoms with Gasteiger partial charge in [0.25, 0.3) is 5.91 Å². The van der Waals surface area contributed by atoms with Crippen molar-refractivity contribution in [3.63, 3.8) is 0 Å². The lowest BCUT2D eigenvalue weighted by molar-refractivity contribution is -0.119. The van der Waals surface area contributed by atoms with Gasteiger partial charge in [0.1, 0.15) is 5.75 Å². The van der Waals surface area contributed by atoms with E-state index in [9.17, 15) is 4.79 Å². The molecule has 0 atom stereocenters. The Labute approximate surface area is 179 Å². The van der Waals surface area contributed by atoms with Crippen LogP contribution in [0.1, 0.15) is 38.2 Å². The van der Waals surface area contributed by atoms with Gasteiger partial charge in [-0.2, -0.15) is 0 Å². The van der Waals surface area contributed by atoms with Gasteiger partial charge in [-0.15, -0.1) is 24.0 Å². The van der Waals surface area contributed by atoms with Crippen LogP contribution < -0.4 is 15.8 Å². The Balaban J connectivity index is 0.00000364. The number of carbonyl (C=O) groups is 1. The summed E-state index contributed by atoms with van der Waals surface area (Å²) < 4.78 is 5.35. The predicted octanol–water partition coefficient (Wildman–Crippen LogP) is 3.00. The molecule has 0 unspecified atom stereocenters. The third kappa shape index (κ3) is 8.36. The molecular weight excluding hydrogens is 455 g/mol. The number of hydrogen-bond donors (Lipinski definition) is 2. The number of guanidine groups is 1. The SMILES string of the molecule is CN=C(NCc1cccc(OCC(N)=O)c1)N(C)CC1CCC(C)CC1.I. The maximum atomic E-state index is 10.8. The summed E-state index contributed by atoms with van der Waals surface area (Å²) in [5.41, 5.74) is 6.18. The third-order valence-electron chi connectivity index (χ3n) is 4.97. The van der Waals surface area contributed by atoms with Crippen molar-refractivity contribution in [3.8, 4) is 5.75 Å². The van der Waals surface area contributed by atoms with Crippen molar-refractivity contribution >= 4 is 35.8 Å². The monoisotopic (exact) mass is 488 g/mol. The first-order valence-electron chi connectivity index (χ1n) is 9.39. The molecule has 3 N–H and O–H groups in total. The molecule has 2 rings (SSSR count). The Bertz CT molecular complexity index is 616. The molecule has 1 aliphatic carbocycles. The zero-order chi connectivity index (χ0) is 18.9. The minimum absolute atomic E-state index is 0. The number of benzene rings is 1. The first-order valence-corrected chi connectivity index (χ1v) is 9.39. The second-order valence-electron chi connectivity index (χ2n) is 7.31. The quantitative estimate of drug-likeness (QED) is 0.352. The number of hydrogen-bond acceptors (Lipinski definition) is 3. The van der Waals surface area contributed by atoms with Gasteiger partial charge in [0, 0.05) is 27.2 Å². The second kappa shape index (κ2) is 12.0. The van der Waals surface area contributed by atoms with Crippen molar-refractivity contribution < 1.29 is 9.53 Å². The lowest BCUT2D eigenvalue weighted by Gasteiger charge is -2.31. The largest absolute Gasteiger partial charge is 0.484 e. The topological polar surface area (TPSA) is 80.0 Å². The van der Waals surface area contributed by atoms with E-state index in [0.717, 1.165) is 29.9 Å². The molecule has 6 nitrogen and oxygen atoms in total. The van der Waals surface area contributed by atoms with Crippen LogP contribution in [0, 0.1) is 11.8 Å². The number of amides is 1. The summed E-state index contributed by atoms with van der Waals surface area (Å²) in [5, 5.41) is 3.40. The lowest BCUT2D eigenvalue weighted by atomic mass is 9.83. The number of halogens is 1. The van der Waals surface area contributed by atoms with Gasteiger partial charge in [0.05, 0.1) is 0 Å². The van der Waals surface area contributed by atoms with Gasteiger partial charge in [-0.25, -0.2) is 0 Å². The number of aliphatic imine (C=N–C) groups is 1. The molecule has 0 aromatic heterocycles. The van der Waals surface area contributed by atoms with E-state index in [1.54, 1.807) is 0 Å². The maximum Gasteiger partial charge on any atom is 0.255 e. The second-order valence-corrected chi connectivity index (χ2v) is 7.31. The Hall–Kier alpha value is -1.51. The van der Waals surface area contributed by atoms with Crippen molar-refractivity contribution in [2.75, 3.05) is 27.2 Å². The van der Waals surface area contributed by atoms with Crippen molar-refractivity contribution in [2.45, 2.75) is 39.2 Å². The smallest absolute Gasteiger partial charge is 0.255 e. The summed E-state index contributed by atoms with van der Waals surface area (Å²) in [5.74, 6) is 2.68. The van der Waals surface area contributed by atoms with E-state index in [-0.39, 0.29) is 30.6 Å². The molecule has 7 heteroatoms. The van der Waals surface area contributed by atoms with E-state index in [0.29, 0.717) is 12.3 Å². The van der Waals surface area contributed by atoms with Gasteiger partial charge < -0.3 is 20.7 Å². The van der Waals surface area contributed by atoms with Gasteiger partial charge in [0.2, 0.25) is 0 Å². The first-order chi connectivity index (χ1) is 12.5. The summed E-state index contributed by atoms with van der Waals surface area (Å²) in [7, 11) is 3.91. The van der Waals surface area contributed by atoms with Crippen LogP contribution in [-0.2, 0) is 11.3 Å². The highest BCUT2D eigenvalue weighted by Crippen LogP contribution is 2.28. The number of nitrogens with zero attached hydrogens (tertiary/aromatic N) is 2. The highest BCUT2D eigenvalue weighted by atomic mass is 127. The number of rotatable bonds is 7. The van der Waals surface area contributed by atoms with Crippen molar-refractivity contribution in [2.24, 2.45) is 22.6 Å². The molecule has 1 aliphatic rings. The van der Waals surface area contributed by atoms with E-state index in [1.807, 2.05) is 31.3 Å². The molecule has 0 bridgehead atoms. The van der Waals surface area contributed by atoms with Crippen LogP contribution in [0.2, 0.25) is 0 Å². The minimum Gasteiger partial charge on any atom is -0.484 e. The van der Waals surface area contributed by atoms with Crippen molar-refractivity contribution in [1.29, 1.82) is 0 Å². The fraction of sp³-hybridized carbons (Fsp3) is 0.600. The molecule has 1 fully saturated rings. The highest BCUT2D eigenvalue weighted by Gasteiger charge is 2.20. The van der Waals surface area contributed by atoms with E-state index < -0.39 is 5.91 Å². The number of nitrogens with two attached hydrogens (primary N) is 1. The van der Waals surface area contributed by atoms with Crippen LogP contribution >= 0.6 is 24.0 Å². The number of nitrogens with one attached hydrogen (secondary N) is 1. The maximum absolute atomic E-state index is 10.8. The van der Waals surface area contributed by atoms with Crippen LogP contribution in [0.5, 0.6) is 5.75 Å². The summed E-state index contributed by atoms with van der Waals surface area (Å²) in [6.07, 6.45) is 5.29. The zero-order valence-corrected chi connectivity index (χ0v) is 18.9. The Morgan fingerprint density at radius 1 is 1.33 bits per heavy atom. The standard InChI is InChI=1S/C20H32N4O2.HI/c1-15-7-9-16(10-8-15)13-24(3)20(22-2)23-12-17-5-4-6-18(11-17)26-14-19(21)25;/h4-6,11,15-16H,7-10,12-14H2,1-3H3,(H2,21,25)(H,22,23);1H. The summed E-state index contributed by atoms with van der Waals surface area (Å²) in [4.78, 5) is 17.5. The molecule has 0 spiro atoms. The Morgan fingerprint density at radius 2 is 2.04 bits per heavy atom. The summed E-state index contributed by atoms with van der Waals surface area (Å²) >= 11 is 0. The summed E-state index contributed by atoms with van der Waals surface area (Å²) in [6, 6.07) is 7.64. The van der Waals surface area contributed by atoms with Crippen LogP contribution in [0.15, 0.2) is 29.3 Å². The average Bonchev–Trinajstić information content (AvgIpc) is 2.63. The molecule has 1 aromatic rings. The van der Waals surface area contributed by atoms with Crippen LogP contribution in [0.4, 0.5) is 0 Å². The fourth-order valence-corrected chi connectivity index (χ4v) is 3.45. The van der Waals surface area contributed by atoms with E-state index >= 15 is 0 Å². The van der Waals surface area contributed by atoms with E-state index in [1.165, 1.54) is 25.7 Å². The van der Waals surface area contributed by atoms with Crippen LogP contribution in [0.3, 0.4) is 0 Å². The molecule has 152 valence electrons. The van der Waals surface area contributed by atoms with E-state index in [4.69, 9.17) is 10.5 Å². The van der Waals surface area contributed by atoms with Gasteiger partial charge in [-0.3, -0.25) is 9.79 Å². The molecular formula is C20H33IN4O2. The van der Waals surface area contributed by atoms with Gasteiger partial charge in [-0.1, -0.05) is 31.9 Å². The average molecular weight is 488 g/mol. The Morgan fingerprint density at radius 3 is 2.67 bits per heavy atom. The predicted molar refractivity (Wildman–Crippen MR) is 120 cm³/mol. The summed E-state index contributed by atoms with van der Waals surface area (Å²) in [6.45, 7) is 3.92. The van der Waals surface area contributed by atoms with Gasteiger partial charge >= 0.3 is 0 Å². The number of primary amides is 1. The highest BCUT2D eigenvalue weighted by molar-refractivity contribution is 14.0. The molecule has 0 radical (unpaired) electrons. The van der Waals surface area contributed by atoms with Crippen molar-refractivity contribution in [1.82, 2.24) is 10.2 Å². The zero-order valence-electron chi connectivity index (χ0n) is 16.6. The molecule has 1 aromatic carbocycles. The third-order valence-corrected chi connectivity index (χ3v) is 4.97. The molecule has 0 aliphatic heterocycles. The molecule has 0 heterocycles. The van der Waals surface area contributed by atoms with Gasteiger partial charge in [-0.05, 0) is 42.4 Å². The van der Waals surface area contributed by atoms with Crippen LogP contribution in [0.25, 0.3) is 0 Å². The van der Waals surface area contributed by atoms with Crippen molar-refractivity contribution in [3.05, 3.63) is 29.8 Å².